The number of aliphatic carboxylic acids is 1. The number of carboxylic acids is 1. The summed E-state index contributed by atoms with van der Waals surface area (Å²) < 4.78 is 0. The van der Waals surface area contributed by atoms with Gasteiger partial charge in [0.25, 0.3) is 0 Å². The van der Waals surface area contributed by atoms with Crippen LogP contribution >= 0.6 is 0 Å². The van der Waals surface area contributed by atoms with Gasteiger partial charge in [-0.25, -0.2) is 0 Å². The Kier molecular flexibility index (Phi) is 6.60. The molecule has 1 fully saturated rings. The molecule has 5 heteroatoms. The van der Waals surface area contributed by atoms with Gasteiger partial charge in [0, 0.05) is 12.6 Å². The minimum atomic E-state index is -0.742. The Bertz CT molecular complexity index is 253. The smallest absolute Gasteiger partial charge is 0.320 e. The van der Waals surface area contributed by atoms with Crippen LogP contribution in [0.2, 0.25) is 0 Å². The second-order valence-corrected chi connectivity index (χ2v) is 5.25. The number of hydrogen-bond acceptors (Lipinski definition) is 4. The summed E-state index contributed by atoms with van der Waals surface area (Å²) in [6, 6.07) is 0.195. The monoisotopic (exact) mass is 257 g/mol. The molecule has 1 atom stereocenters. The number of rotatable bonds is 7. The summed E-state index contributed by atoms with van der Waals surface area (Å²) in [5.41, 5.74) is 0. The van der Waals surface area contributed by atoms with Gasteiger partial charge in [0.1, 0.15) is 6.04 Å². The van der Waals surface area contributed by atoms with Crippen LogP contribution in [0.15, 0.2) is 0 Å². The van der Waals surface area contributed by atoms with Gasteiger partial charge in [0.15, 0.2) is 0 Å². The minimum absolute atomic E-state index is 0.413. The third-order valence-corrected chi connectivity index (χ3v) is 3.83. The third-order valence-electron chi connectivity index (χ3n) is 3.83. The van der Waals surface area contributed by atoms with Gasteiger partial charge < -0.3 is 20.2 Å². The minimum Gasteiger partial charge on any atom is -0.480 e. The van der Waals surface area contributed by atoms with Gasteiger partial charge in [0.05, 0.1) is 0 Å². The predicted molar refractivity (Wildman–Crippen MR) is 72.9 cm³/mol. The molecule has 1 aliphatic rings. The zero-order valence-corrected chi connectivity index (χ0v) is 11.9. The molecule has 0 bridgehead atoms. The molecular formula is C13H27N3O2. The lowest BCUT2D eigenvalue weighted by molar-refractivity contribution is -0.139. The molecule has 0 aromatic rings. The predicted octanol–water partition coefficient (Wildman–Crippen LogP) is 0.465. The van der Waals surface area contributed by atoms with E-state index >= 15 is 0 Å². The molecular weight excluding hydrogens is 230 g/mol. The van der Waals surface area contributed by atoms with Crippen LogP contribution in [0.25, 0.3) is 0 Å². The topological polar surface area (TPSA) is 55.8 Å². The van der Waals surface area contributed by atoms with E-state index in [1.807, 2.05) is 6.92 Å². The van der Waals surface area contributed by atoms with Crippen LogP contribution < -0.4 is 5.32 Å². The van der Waals surface area contributed by atoms with Crippen molar-refractivity contribution in [3.05, 3.63) is 0 Å². The van der Waals surface area contributed by atoms with Crippen molar-refractivity contribution in [3.63, 3.8) is 0 Å². The third kappa shape index (κ3) is 4.92. The van der Waals surface area contributed by atoms with E-state index in [0.717, 1.165) is 19.6 Å². The Balaban J connectivity index is 2.30. The highest BCUT2D eigenvalue weighted by Crippen LogP contribution is 2.14. The van der Waals surface area contributed by atoms with Crippen LogP contribution in [-0.2, 0) is 4.79 Å². The molecule has 106 valence electrons. The van der Waals surface area contributed by atoms with E-state index in [4.69, 9.17) is 5.11 Å². The lowest BCUT2D eigenvalue weighted by Gasteiger charge is -2.35. The van der Waals surface area contributed by atoms with Crippen LogP contribution in [0.3, 0.4) is 0 Å². The molecule has 0 amide bonds. The van der Waals surface area contributed by atoms with Gasteiger partial charge in [-0.1, -0.05) is 6.92 Å². The molecule has 0 spiro atoms. The fourth-order valence-corrected chi connectivity index (χ4v) is 2.51. The highest BCUT2D eigenvalue weighted by Gasteiger charge is 2.22. The maximum absolute atomic E-state index is 11.0. The standard InChI is InChI=1S/C13H27N3O2/c1-4-14-12(13(17)18)7-10-16(3)11-5-8-15(2)9-6-11/h11-12,14H,4-10H2,1-3H3,(H,17,18). The zero-order chi connectivity index (χ0) is 13.5. The van der Waals surface area contributed by atoms with Crippen molar-refractivity contribution in [3.8, 4) is 0 Å². The maximum Gasteiger partial charge on any atom is 0.320 e. The first-order chi connectivity index (χ1) is 8.54. The Hall–Kier alpha value is -0.650. The van der Waals surface area contributed by atoms with Gasteiger partial charge in [-0.15, -0.1) is 0 Å². The molecule has 5 nitrogen and oxygen atoms in total. The van der Waals surface area contributed by atoms with E-state index in [1.165, 1.54) is 12.8 Å². The summed E-state index contributed by atoms with van der Waals surface area (Å²) in [5.74, 6) is -0.742. The number of piperidine rings is 1. The van der Waals surface area contributed by atoms with Crippen molar-refractivity contribution in [1.82, 2.24) is 15.1 Å². The van der Waals surface area contributed by atoms with E-state index in [2.05, 4.69) is 29.2 Å². The first-order valence-electron chi connectivity index (χ1n) is 6.89. The number of nitrogens with one attached hydrogen (secondary N) is 1. The molecule has 0 aromatic heterocycles. The fourth-order valence-electron chi connectivity index (χ4n) is 2.51. The van der Waals surface area contributed by atoms with Crippen molar-refractivity contribution < 1.29 is 9.90 Å². The largest absolute Gasteiger partial charge is 0.480 e. The summed E-state index contributed by atoms with van der Waals surface area (Å²) in [5, 5.41) is 12.1. The van der Waals surface area contributed by atoms with Crippen LogP contribution in [0.4, 0.5) is 0 Å². The average Bonchev–Trinajstić information content (AvgIpc) is 2.34. The number of likely N-dealkylation sites (tertiary alicyclic amines) is 1. The van der Waals surface area contributed by atoms with Crippen LogP contribution in [0.1, 0.15) is 26.2 Å². The Morgan fingerprint density at radius 1 is 1.50 bits per heavy atom. The number of carboxylic acid groups (broad SMARTS) is 1. The summed E-state index contributed by atoms with van der Waals surface area (Å²) in [6.45, 7) is 5.78. The average molecular weight is 257 g/mol. The molecule has 1 heterocycles. The lowest BCUT2D eigenvalue weighted by Crippen LogP contribution is -2.44. The van der Waals surface area contributed by atoms with Crippen LogP contribution in [-0.4, -0.2) is 73.2 Å². The van der Waals surface area contributed by atoms with E-state index in [-0.39, 0.29) is 0 Å². The second kappa shape index (κ2) is 7.71. The number of hydrogen-bond donors (Lipinski definition) is 2. The Morgan fingerprint density at radius 2 is 2.11 bits per heavy atom. The van der Waals surface area contributed by atoms with Gasteiger partial charge in [-0.05, 0) is 53.0 Å². The molecule has 2 N–H and O–H groups in total. The molecule has 0 radical (unpaired) electrons. The molecule has 0 aliphatic carbocycles. The zero-order valence-electron chi connectivity index (χ0n) is 11.9. The van der Waals surface area contributed by atoms with E-state index in [0.29, 0.717) is 19.0 Å². The molecule has 0 saturated carbocycles. The van der Waals surface area contributed by atoms with Crippen molar-refractivity contribution >= 4 is 5.97 Å². The quantitative estimate of drug-likeness (QED) is 0.694. The first-order valence-corrected chi connectivity index (χ1v) is 6.89. The number of likely N-dealkylation sites (N-methyl/N-ethyl adjacent to an activating group) is 1. The summed E-state index contributed by atoms with van der Waals surface area (Å²) in [6.07, 6.45) is 3.05. The van der Waals surface area contributed by atoms with E-state index in [1.54, 1.807) is 0 Å². The first kappa shape index (κ1) is 15.4. The molecule has 1 aliphatic heterocycles. The molecule has 18 heavy (non-hydrogen) atoms. The van der Waals surface area contributed by atoms with E-state index in [9.17, 15) is 4.79 Å². The summed E-state index contributed by atoms with van der Waals surface area (Å²) in [7, 11) is 4.27. The van der Waals surface area contributed by atoms with Gasteiger partial charge in [-0.2, -0.15) is 0 Å². The molecule has 0 aromatic carbocycles. The maximum atomic E-state index is 11.0. The lowest BCUT2D eigenvalue weighted by atomic mass is 10.0. The molecule has 1 rings (SSSR count). The Morgan fingerprint density at radius 3 is 2.61 bits per heavy atom. The number of carbonyl (C=O) groups is 1. The molecule has 1 unspecified atom stereocenters. The van der Waals surface area contributed by atoms with Crippen molar-refractivity contribution in [2.24, 2.45) is 0 Å². The summed E-state index contributed by atoms with van der Waals surface area (Å²) in [4.78, 5) is 15.7. The van der Waals surface area contributed by atoms with E-state index < -0.39 is 12.0 Å². The molecule has 1 saturated heterocycles. The highest BCUT2D eigenvalue weighted by molar-refractivity contribution is 5.73. The fraction of sp³-hybridized carbons (Fsp3) is 0.923. The van der Waals surface area contributed by atoms with Crippen molar-refractivity contribution in [1.29, 1.82) is 0 Å². The van der Waals surface area contributed by atoms with Crippen molar-refractivity contribution in [2.75, 3.05) is 40.3 Å². The van der Waals surface area contributed by atoms with Gasteiger partial charge in [-0.3, -0.25) is 4.79 Å². The normalized spacial score (nSPS) is 20.2. The SMILES string of the molecule is CCNC(CCN(C)C1CCN(C)CC1)C(=O)O. The summed E-state index contributed by atoms with van der Waals surface area (Å²) >= 11 is 0. The van der Waals surface area contributed by atoms with Gasteiger partial charge in [0.2, 0.25) is 0 Å². The van der Waals surface area contributed by atoms with Crippen molar-refractivity contribution in [2.45, 2.75) is 38.3 Å². The Labute approximate surface area is 110 Å². The highest BCUT2D eigenvalue weighted by atomic mass is 16.4. The number of nitrogens with zero attached hydrogens (tertiary/aromatic N) is 2. The second-order valence-electron chi connectivity index (χ2n) is 5.25. The van der Waals surface area contributed by atoms with Crippen LogP contribution in [0, 0.1) is 0 Å². The van der Waals surface area contributed by atoms with Gasteiger partial charge >= 0.3 is 5.97 Å². The van der Waals surface area contributed by atoms with Crippen LogP contribution in [0.5, 0.6) is 0 Å².